The number of para-hydroxylation sites is 1. The average molecular weight is 271 g/mol. The maximum absolute atomic E-state index is 12.5. The molecule has 0 aliphatic heterocycles. The van der Waals surface area contributed by atoms with Gasteiger partial charge in [0.15, 0.2) is 0 Å². The van der Waals surface area contributed by atoms with Crippen LogP contribution in [0, 0.1) is 0 Å². The Labute approximate surface area is 118 Å². The van der Waals surface area contributed by atoms with Gasteiger partial charge in [-0.2, -0.15) is 0 Å². The van der Waals surface area contributed by atoms with Gasteiger partial charge in [0.1, 0.15) is 11.5 Å². The van der Waals surface area contributed by atoms with Gasteiger partial charge < -0.3 is 14.4 Å². The van der Waals surface area contributed by atoms with Gasteiger partial charge in [-0.3, -0.25) is 4.79 Å². The highest BCUT2D eigenvalue weighted by molar-refractivity contribution is 6.07. The summed E-state index contributed by atoms with van der Waals surface area (Å²) in [4.78, 5) is 14.1. The van der Waals surface area contributed by atoms with E-state index in [1.807, 2.05) is 36.4 Å². The first kappa shape index (κ1) is 13.9. The van der Waals surface area contributed by atoms with Crippen LogP contribution in [-0.2, 0) is 0 Å². The second-order valence-corrected chi connectivity index (χ2v) is 4.26. The number of benzene rings is 2. The highest BCUT2D eigenvalue weighted by Gasteiger charge is 2.17. The minimum Gasteiger partial charge on any atom is -0.497 e. The summed E-state index contributed by atoms with van der Waals surface area (Å²) < 4.78 is 10.3. The van der Waals surface area contributed by atoms with Crippen LogP contribution in [-0.4, -0.2) is 27.2 Å². The van der Waals surface area contributed by atoms with Crippen molar-refractivity contribution in [3.8, 4) is 11.5 Å². The number of amides is 1. The van der Waals surface area contributed by atoms with Crippen LogP contribution in [0.4, 0.5) is 5.69 Å². The summed E-state index contributed by atoms with van der Waals surface area (Å²) in [6, 6.07) is 14.5. The Hall–Kier alpha value is -2.49. The third-order valence-electron chi connectivity index (χ3n) is 3.10. The zero-order valence-corrected chi connectivity index (χ0v) is 11.8. The molecule has 0 heterocycles. The second-order valence-electron chi connectivity index (χ2n) is 4.26. The van der Waals surface area contributed by atoms with Crippen LogP contribution in [0.1, 0.15) is 10.4 Å². The van der Waals surface area contributed by atoms with Crippen LogP contribution in [0.2, 0.25) is 0 Å². The molecule has 0 spiro atoms. The minimum atomic E-state index is -0.118. The third-order valence-corrected chi connectivity index (χ3v) is 3.10. The first-order chi connectivity index (χ1) is 9.67. The molecule has 4 heteroatoms. The summed E-state index contributed by atoms with van der Waals surface area (Å²) in [6.45, 7) is 0. The largest absolute Gasteiger partial charge is 0.497 e. The Kier molecular flexibility index (Phi) is 4.25. The average Bonchev–Trinajstić information content (AvgIpc) is 2.53. The molecule has 0 N–H and O–H groups in total. The molecule has 0 fully saturated rings. The van der Waals surface area contributed by atoms with E-state index in [-0.39, 0.29) is 5.91 Å². The molecule has 104 valence electrons. The first-order valence-electron chi connectivity index (χ1n) is 6.22. The van der Waals surface area contributed by atoms with Gasteiger partial charge in [0.05, 0.1) is 19.8 Å². The van der Waals surface area contributed by atoms with Crippen molar-refractivity contribution in [1.29, 1.82) is 0 Å². The van der Waals surface area contributed by atoms with Crippen LogP contribution in [0.15, 0.2) is 48.5 Å². The van der Waals surface area contributed by atoms with Gasteiger partial charge in [-0.05, 0) is 36.4 Å². The Morgan fingerprint density at radius 2 is 1.60 bits per heavy atom. The molecule has 1 amide bonds. The fraction of sp³-hybridized carbons (Fsp3) is 0.188. The molecule has 0 saturated heterocycles. The van der Waals surface area contributed by atoms with Gasteiger partial charge in [-0.25, -0.2) is 0 Å². The van der Waals surface area contributed by atoms with Gasteiger partial charge >= 0.3 is 0 Å². The lowest BCUT2D eigenvalue weighted by Gasteiger charge is -2.19. The normalized spacial score (nSPS) is 9.95. The number of nitrogens with zero attached hydrogens (tertiary/aromatic N) is 1. The Morgan fingerprint density at radius 3 is 2.20 bits per heavy atom. The molecule has 0 bridgehead atoms. The van der Waals surface area contributed by atoms with Crippen molar-refractivity contribution in [1.82, 2.24) is 0 Å². The molecule has 2 aromatic rings. The number of anilines is 1. The summed E-state index contributed by atoms with van der Waals surface area (Å²) in [5.74, 6) is 1.21. The fourth-order valence-corrected chi connectivity index (χ4v) is 1.93. The Bertz CT molecular complexity index is 593. The Balaban J connectivity index is 2.27. The van der Waals surface area contributed by atoms with E-state index in [0.29, 0.717) is 11.3 Å². The fourth-order valence-electron chi connectivity index (χ4n) is 1.93. The quantitative estimate of drug-likeness (QED) is 0.858. The van der Waals surface area contributed by atoms with E-state index in [2.05, 4.69) is 0 Å². The SMILES string of the molecule is COc1ccc(N(C)C(=O)c2ccccc2OC)cc1. The molecule has 2 rings (SSSR count). The molecule has 0 saturated carbocycles. The molecule has 0 aliphatic rings. The van der Waals surface area contributed by atoms with Crippen LogP contribution >= 0.6 is 0 Å². The summed E-state index contributed by atoms with van der Waals surface area (Å²) in [5.41, 5.74) is 1.33. The van der Waals surface area contributed by atoms with Gasteiger partial charge in [-0.1, -0.05) is 12.1 Å². The Morgan fingerprint density at radius 1 is 0.950 bits per heavy atom. The topological polar surface area (TPSA) is 38.8 Å². The molecular formula is C16H17NO3. The van der Waals surface area contributed by atoms with Gasteiger partial charge in [-0.15, -0.1) is 0 Å². The van der Waals surface area contributed by atoms with Crippen molar-refractivity contribution in [2.75, 3.05) is 26.2 Å². The van der Waals surface area contributed by atoms with Crippen LogP contribution in [0.3, 0.4) is 0 Å². The van der Waals surface area contributed by atoms with Gasteiger partial charge in [0, 0.05) is 12.7 Å². The zero-order valence-electron chi connectivity index (χ0n) is 11.8. The van der Waals surface area contributed by atoms with Crippen molar-refractivity contribution in [2.24, 2.45) is 0 Å². The predicted octanol–water partition coefficient (Wildman–Crippen LogP) is 2.98. The number of methoxy groups -OCH3 is 2. The van der Waals surface area contributed by atoms with Gasteiger partial charge in [0.25, 0.3) is 5.91 Å². The van der Waals surface area contributed by atoms with E-state index in [9.17, 15) is 4.79 Å². The smallest absolute Gasteiger partial charge is 0.261 e. The molecule has 0 aromatic heterocycles. The van der Waals surface area contributed by atoms with Gasteiger partial charge in [0.2, 0.25) is 0 Å². The third kappa shape index (κ3) is 2.74. The molecule has 0 aliphatic carbocycles. The lowest BCUT2D eigenvalue weighted by Crippen LogP contribution is -2.26. The zero-order chi connectivity index (χ0) is 14.5. The van der Waals surface area contributed by atoms with Crippen molar-refractivity contribution in [3.63, 3.8) is 0 Å². The van der Waals surface area contributed by atoms with Crippen molar-refractivity contribution < 1.29 is 14.3 Å². The lowest BCUT2D eigenvalue weighted by atomic mass is 10.1. The highest BCUT2D eigenvalue weighted by Crippen LogP contribution is 2.23. The van der Waals surface area contributed by atoms with Crippen molar-refractivity contribution >= 4 is 11.6 Å². The van der Waals surface area contributed by atoms with Crippen molar-refractivity contribution in [3.05, 3.63) is 54.1 Å². The van der Waals surface area contributed by atoms with Crippen LogP contribution in [0.5, 0.6) is 11.5 Å². The molecule has 4 nitrogen and oxygen atoms in total. The lowest BCUT2D eigenvalue weighted by molar-refractivity contribution is 0.0990. The summed E-state index contributed by atoms with van der Waals surface area (Å²) in [6.07, 6.45) is 0. The number of ether oxygens (including phenoxy) is 2. The standard InChI is InChI=1S/C16H17NO3/c1-17(12-8-10-13(19-2)11-9-12)16(18)14-6-4-5-7-15(14)20-3/h4-11H,1-3H3. The van der Waals surface area contributed by atoms with Crippen molar-refractivity contribution in [2.45, 2.75) is 0 Å². The molecular weight excluding hydrogens is 254 g/mol. The van der Waals surface area contributed by atoms with E-state index in [1.165, 1.54) is 0 Å². The predicted molar refractivity (Wildman–Crippen MR) is 78.7 cm³/mol. The molecule has 0 atom stereocenters. The van der Waals surface area contributed by atoms with E-state index >= 15 is 0 Å². The van der Waals surface area contributed by atoms with E-state index in [0.717, 1.165) is 11.4 Å². The summed E-state index contributed by atoms with van der Waals surface area (Å²) in [7, 11) is 4.90. The summed E-state index contributed by atoms with van der Waals surface area (Å²) >= 11 is 0. The van der Waals surface area contributed by atoms with E-state index in [1.54, 1.807) is 38.3 Å². The number of carbonyl (C=O) groups is 1. The monoisotopic (exact) mass is 271 g/mol. The number of rotatable bonds is 4. The van der Waals surface area contributed by atoms with E-state index < -0.39 is 0 Å². The highest BCUT2D eigenvalue weighted by atomic mass is 16.5. The van der Waals surface area contributed by atoms with E-state index in [4.69, 9.17) is 9.47 Å². The first-order valence-corrected chi connectivity index (χ1v) is 6.22. The number of hydrogen-bond donors (Lipinski definition) is 0. The molecule has 0 radical (unpaired) electrons. The second kappa shape index (κ2) is 6.10. The number of carbonyl (C=O) groups excluding carboxylic acids is 1. The minimum absolute atomic E-state index is 0.118. The summed E-state index contributed by atoms with van der Waals surface area (Å²) in [5, 5.41) is 0. The van der Waals surface area contributed by atoms with Crippen LogP contribution in [0.25, 0.3) is 0 Å². The molecule has 20 heavy (non-hydrogen) atoms. The number of hydrogen-bond acceptors (Lipinski definition) is 3. The molecule has 2 aromatic carbocycles. The molecule has 0 unspecified atom stereocenters. The maximum atomic E-state index is 12.5. The van der Waals surface area contributed by atoms with Crippen LogP contribution < -0.4 is 14.4 Å². The maximum Gasteiger partial charge on any atom is 0.261 e.